The number of hydrogen-bond donors (Lipinski definition) is 1. The standard InChI is InChI=1S/C15H16N2O/c18-15-8-14-11-17(7-6-13(14)9-16-15)10-12-4-2-1-3-5-12/h1-5,8-9H,6-7,10-11H2,(H,16,18). The summed E-state index contributed by atoms with van der Waals surface area (Å²) in [5.41, 5.74) is 3.76. The molecule has 0 aliphatic carbocycles. The molecule has 0 saturated carbocycles. The zero-order chi connectivity index (χ0) is 12.4. The normalized spacial score (nSPS) is 15.3. The molecule has 0 unspecified atom stereocenters. The molecule has 0 amide bonds. The van der Waals surface area contributed by atoms with Crippen molar-refractivity contribution in [2.24, 2.45) is 0 Å². The molecule has 0 bridgehead atoms. The lowest BCUT2D eigenvalue weighted by atomic mass is 10.0. The van der Waals surface area contributed by atoms with Crippen LogP contribution >= 0.6 is 0 Å². The molecule has 1 aromatic heterocycles. The molecular formula is C15H16N2O. The molecule has 0 spiro atoms. The van der Waals surface area contributed by atoms with E-state index in [-0.39, 0.29) is 5.56 Å². The van der Waals surface area contributed by atoms with Crippen molar-refractivity contribution in [3.63, 3.8) is 0 Å². The lowest BCUT2D eigenvalue weighted by molar-refractivity contribution is 0.245. The number of pyridine rings is 1. The van der Waals surface area contributed by atoms with Crippen molar-refractivity contribution in [1.29, 1.82) is 0 Å². The van der Waals surface area contributed by atoms with Gasteiger partial charge in [-0.25, -0.2) is 0 Å². The molecule has 92 valence electrons. The highest BCUT2D eigenvalue weighted by molar-refractivity contribution is 5.26. The summed E-state index contributed by atoms with van der Waals surface area (Å²) in [5, 5.41) is 0. The molecule has 1 N–H and O–H groups in total. The Morgan fingerprint density at radius 2 is 2.00 bits per heavy atom. The fourth-order valence-corrected chi connectivity index (χ4v) is 2.50. The number of H-pyrrole nitrogens is 1. The number of nitrogens with one attached hydrogen (secondary N) is 1. The molecule has 0 saturated heterocycles. The third-order valence-corrected chi connectivity index (χ3v) is 3.45. The second-order valence-corrected chi connectivity index (χ2v) is 4.79. The highest BCUT2D eigenvalue weighted by Crippen LogP contribution is 2.18. The van der Waals surface area contributed by atoms with Crippen LogP contribution in [0.1, 0.15) is 16.7 Å². The van der Waals surface area contributed by atoms with E-state index >= 15 is 0 Å². The average Bonchev–Trinajstić information content (AvgIpc) is 2.39. The van der Waals surface area contributed by atoms with E-state index in [1.54, 1.807) is 6.07 Å². The fraction of sp³-hybridized carbons (Fsp3) is 0.267. The smallest absolute Gasteiger partial charge is 0.248 e. The third-order valence-electron chi connectivity index (χ3n) is 3.45. The largest absolute Gasteiger partial charge is 0.329 e. The van der Waals surface area contributed by atoms with E-state index in [0.717, 1.165) is 26.1 Å². The van der Waals surface area contributed by atoms with E-state index in [4.69, 9.17) is 0 Å². The van der Waals surface area contributed by atoms with Crippen LogP contribution in [0.15, 0.2) is 47.4 Å². The predicted octanol–water partition coefficient (Wildman–Crippen LogP) is 1.93. The second kappa shape index (κ2) is 4.78. The lowest BCUT2D eigenvalue weighted by Gasteiger charge is -2.28. The summed E-state index contributed by atoms with van der Waals surface area (Å²) in [5.74, 6) is 0. The summed E-state index contributed by atoms with van der Waals surface area (Å²) in [6.45, 7) is 2.87. The SMILES string of the molecule is O=c1cc2c(c[nH]1)CCN(Cc1ccccc1)C2. The van der Waals surface area contributed by atoms with Crippen LogP contribution < -0.4 is 5.56 Å². The van der Waals surface area contributed by atoms with E-state index in [0.29, 0.717) is 0 Å². The van der Waals surface area contributed by atoms with Crippen LogP contribution in [0, 0.1) is 0 Å². The topological polar surface area (TPSA) is 36.1 Å². The summed E-state index contributed by atoms with van der Waals surface area (Å²) in [4.78, 5) is 16.5. The molecule has 1 aliphatic heterocycles. The van der Waals surface area contributed by atoms with Gasteiger partial charge in [0.15, 0.2) is 0 Å². The van der Waals surface area contributed by atoms with Gasteiger partial charge in [-0.15, -0.1) is 0 Å². The Bertz CT molecular complexity index is 589. The number of hydrogen-bond acceptors (Lipinski definition) is 2. The van der Waals surface area contributed by atoms with Gasteiger partial charge in [-0.05, 0) is 23.1 Å². The van der Waals surface area contributed by atoms with E-state index in [1.165, 1.54) is 16.7 Å². The van der Waals surface area contributed by atoms with Crippen LogP contribution in [-0.2, 0) is 19.5 Å². The van der Waals surface area contributed by atoms with Gasteiger partial charge in [-0.1, -0.05) is 30.3 Å². The highest BCUT2D eigenvalue weighted by Gasteiger charge is 2.16. The van der Waals surface area contributed by atoms with Crippen molar-refractivity contribution >= 4 is 0 Å². The minimum absolute atomic E-state index is 0.00434. The number of benzene rings is 1. The minimum Gasteiger partial charge on any atom is -0.329 e. The minimum atomic E-state index is -0.00434. The monoisotopic (exact) mass is 240 g/mol. The first-order valence-electron chi connectivity index (χ1n) is 6.28. The second-order valence-electron chi connectivity index (χ2n) is 4.79. The number of aromatic amines is 1. The number of fused-ring (bicyclic) bond motifs is 1. The molecule has 18 heavy (non-hydrogen) atoms. The molecule has 2 aromatic rings. The molecular weight excluding hydrogens is 224 g/mol. The Balaban J connectivity index is 1.77. The van der Waals surface area contributed by atoms with E-state index in [1.807, 2.05) is 12.3 Å². The fourth-order valence-electron chi connectivity index (χ4n) is 2.50. The molecule has 2 heterocycles. The Kier molecular flexibility index (Phi) is 2.99. The van der Waals surface area contributed by atoms with Gasteiger partial charge in [0.1, 0.15) is 0 Å². The number of aromatic nitrogens is 1. The molecule has 1 aliphatic rings. The van der Waals surface area contributed by atoms with Crippen LogP contribution in [0.5, 0.6) is 0 Å². The van der Waals surface area contributed by atoms with Gasteiger partial charge in [0, 0.05) is 31.9 Å². The summed E-state index contributed by atoms with van der Waals surface area (Å²) in [6.07, 6.45) is 2.87. The molecule has 3 rings (SSSR count). The Labute approximate surface area is 106 Å². The van der Waals surface area contributed by atoms with Gasteiger partial charge in [-0.2, -0.15) is 0 Å². The van der Waals surface area contributed by atoms with Crippen molar-refractivity contribution in [2.45, 2.75) is 19.5 Å². The van der Waals surface area contributed by atoms with Crippen LogP contribution in [0.2, 0.25) is 0 Å². The van der Waals surface area contributed by atoms with E-state index < -0.39 is 0 Å². The van der Waals surface area contributed by atoms with Crippen molar-refractivity contribution in [3.05, 3.63) is 69.6 Å². The third kappa shape index (κ3) is 2.36. The molecule has 3 nitrogen and oxygen atoms in total. The van der Waals surface area contributed by atoms with Gasteiger partial charge in [-0.3, -0.25) is 9.69 Å². The van der Waals surface area contributed by atoms with Crippen molar-refractivity contribution in [1.82, 2.24) is 9.88 Å². The first-order valence-corrected chi connectivity index (χ1v) is 6.28. The molecule has 0 fully saturated rings. The zero-order valence-electron chi connectivity index (χ0n) is 10.2. The van der Waals surface area contributed by atoms with Crippen molar-refractivity contribution < 1.29 is 0 Å². The van der Waals surface area contributed by atoms with Gasteiger partial charge < -0.3 is 4.98 Å². The summed E-state index contributed by atoms with van der Waals surface area (Å²) >= 11 is 0. The van der Waals surface area contributed by atoms with Crippen LogP contribution in [0.25, 0.3) is 0 Å². The molecule has 0 atom stereocenters. The van der Waals surface area contributed by atoms with Gasteiger partial charge >= 0.3 is 0 Å². The summed E-state index contributed by atoms with van der Waals surface area (Å²) in [6, 6.07) is 12.2. The predicted molar refractivity (Wildman–Crippen MR) is 71.3 cm³/mol. The van der Waals surface area contributed by atoms with E-state index in [2.05, 4.69) is 34.1 Å². The first kappa shape index (κ1) is 11.2. The highest BCUT2D eigenvalue weighted by atomic mass is 16.1. The average molecular weight is 240 g/mol. The Morgan fingerprint density at radius 3 is 2.83 bits per heavy atom. The number of rotatable bonds is 2. The maximum atomic E-state index is 11.3. The summed E-state index contributed by atoms with van der Waals surface area (Å²) < 4.78 is 0. The Hall–Kier alpha value is -1.87. The maximum absolute atomic E-state index is 11.3. The van der Waals surface area contributed by atoms with Gasteiger partial charge in [0.25, 0.3) is 0 Å². The Morgan fingerprint density at radius 1 is 1.17 bits per heavy atom. The van der Waals surface area contributed by atoms with Crippen LogP contribution in [0.4, 0.5) is 0 Å². The van der Waals surface area contributed by atoms with Crippen LogP contribution in [0.3, 0.4) is 0 Å². The van der Waals surface area contributed by atoms with Crippen molar-refractivity contribution in [3.8, 4) is 0 Å². The first-order chi connectivity index (χ1) is 8.81. The quantitative estimate of drug-likeness (QED) is 0.870. The number of nitrogens with zero attached hydrogens (tertiary/aromatic N) is 1. The maximum Gasteiger partial charge on any atom is 0.248 e. The van der Waals surface area contributed by atoms with Crippen molar-refractivity contribution in [2.75, 3.05) is 6.54 Å². The molecule has 0 radical (unpaired) electrons. The lowest BCUT2D eigenvalue weighted by Crippen LogP contribution is -2.31. The van der Waals surface area contributed by atoms with Gasteiger partial charge in [0.2, 0.25) is 5.56 Å². The van der Waals surface area contributed by atoms with Gasteiger partial charge in [0.05, 0.1) is 0 Å². The molecule has 3 heteroatoms. The summed E-state index contributed by atoms with van der Waals surface area (Å²) in [7, 11) is 0. The zero-order valence-corrected chi connectivity index (χ0v) is 10.2. The molecule has 1 aromatic carbocycles. The van der Waals surface area contributed by atoms with E-state index in [9.17, 15) is 4.79 Å². The van der Waals surface area contributed by atoms with Crippen LogP contribution in [-0.4, -0.2) is 16.4 Å².